The first-order valence-corrected chi connectivity index (χ1v) is 8.01. The number of nitrogen functional groups attached to an aromatic ring is 1. The maximum Gasteiger partial charge on any atom is 0.263 e. The van der Waals surface area contributed by atoms with Crippen LogP contribution in [-0.4, -0.2) is 34.6 Å². The SMILES string of the molecule is CCc1ccsc1C(=O)N(C)CCCc1[nH]nc(N)c1C#N. The average Bonchev–Trinajstić information content (AvgIpc) is 3.12. The number of aromatic nitrogens is 2. The van der Waals surface area contributed by atoms with Crippen molar-refractivity contribution in [3.63, 3.8) is 0 Å². The van der Waals surface area contributed by atoms with Crippen LogP contribution in [0.5, 0.6) is 0 Å². The first-order chi connectivity index (χ1) is 10.6. The van der Waals surface area contributed by atoms with Crippen molar-refractivity contribution in [3.8, 4) is 6.07 Å². The Kier molecular flexibility index (Phi) is 5.17. The molecule has 2 aromatic heterocycles. The number of amides is 1. The zero-order valence-corrected chi connectivity index (χ0v) is 13.5. The molecule has 7 heteroatoms. The monoisotopic (exact) mass is 317 g/mol. The molecule has 116 valence electrons. The standard InChI is InChI=1S/C15H19N5OS/c1-3-10-6-8-22-13(10)15(21)20(2)7-4-5-12-11(9-16)14(17)19-18-12/h6,8H,3-5,7H2,1-2H3,(H3,17,18,19). The number of thiophene rings is 1. The Balaban J connectivity index is 1.92. The van der Waals surface area contributed by atoms with Gasteiger partial charge in [0, 0.05) is 13.6 Å². The Labute approximate surface area is 133 Å². The second-order valence-electron chi connectivity index (χ2n) is 5.03. The quantitative estimate of drug-likeness (QED) is 0.853. The lowest BCUT2D eigenvalue weighted by molar-refractivity contribution is 0.0797. The van der Waals surface area contributed by atoms with Crippen molar-refractivity contribution in [2.75, 3.05) is 19.3 Å². The highest BCUT2D eigenvalue weighted by atomic mass is 32.1. The van der Waals surface area contributed by atoms with Gasteiger partial charge in [0.15, 0.2) is 5.82 Å². The van der Waals surface area contributed by atoms with Gasteiger partial charge in [-0.3, -0.25) is 9.89 Å². The molecule has 0 fully saturated rings. The van der Waals surface area contributed by atoms with Crippen LogP contribution in [-0.2, 0) is 12.8 Å². The summed E-state index contributed by atoms with van der Waals surface area (Å²) in [5.74, 6) is 0.282. The van der Waals surface area contributed by atoms with Gasteiger partial charge in [-0.15, -0.1) is 11.3 Å². The molecule has 2 rings (SSSR count). The van der Waals surface area contributed by atoms with Crippen molar-refractivity contribution in [2.24, 2.45) is 0 Å². The first-order valence-electron chi connectivity index (χ1n) is 7.13. The molecule has 0 bridgehead atoms. The summed E-state index contributed by atoms with van der Waals surface area (Å²) in [6, 6.07) is 4.04. The second-order valence-corrected chi connectivity index (χ2v) is 5.95. The van der Waals surface area contributed by atoms with Crippen LogP contribution in [0.1, 0.15) is 39.8 Å². The zero-order valence-electron chi connectivity index (χ0n) is 12.7. The molecule has 6 nitrogen and oxygen atoms in total. The second kappa shape index (κ2) is 7.09. The summed E-state index contributed by atoms with van der Waals surface area (Å²) < 4.78 is 0. The van der Waals surface area contributed by atoms with E-state index in [1.54, 1.807) is 11.9 Å². The molecule has 0 aromatic carbocycles. The lowest BCUT2D eigenvalue weighted by atomic mass is 10.1. The van der Waals surface area contributed by atoms with Crippen molar-refractivity contribution < 1.29 is 4.79 Å². The van der Waals surface area contributed by atoms with E-state index in [4.69, 9.17) is 11.0 Å². The molecule has 22 heavy (non-hydrogen) atoms. The molecule has 0 spiro atoms. The van der Waals surface area contributed by atoms with Gasteiger partial charge >= 0.3 is 0 Å². The minimum Gasteiger partial charge on any atom is -0.381 e. The Bertz CT molecular complexity index is 697. The van der Waals surface area contributed by atoms with E-state index >= 15 is 0 Å². The van der Waals surface area contributed by atoms with Crippen molar-refractivity contribution in [1.82, 2.24) is 15.1 Å². The Morgan fingerprint density at radius 2 is 2.36 bits per heavy atom. The minimum atomic E-state index is 0.0523. The minimum absolute atomic E-state index is 0.0523. The van der Waals surface area contributed by atoms with Crippen LogP contribution >= 0.6 is 11.3 Å². The van der Waals surface area contributed by atoms with Crippen LogP contribution in [0.25, 0.3) is 0 Å². The molecule has 0 aliphatic carbocycles. The first kappa shape index (κ1) is 16.0. The number of carbonyl (C=O) groups is 1. The highest BCUT2D eigenvalue weighted by molar-refractivity contribution is 7.12. The van der Waals surface area contributed by atoms with Gasteiger partial charge in [0.05, 0.1) is 10.6 Å². The summed E-state index contributed by atoms with van der Waals surface area (Å²) in [5, 5.41) is 17.6. The molecular weight excluding hydrogens is 298 g/mol. The lowest BCUT2D eigenvalue weighted by Crippen LogP contribution is -2.28. The zero-order chi connectivity index (χ0) is 16.1. The fourth-order valence-corrected chi connectivity index (χ4v) is 3.26. The molecule has 0 saturated carbocycles. The fraction of sp³-hybridized carbons (Fsp3) is 0.400. The van der Waals surface area contributed by atoms with Crippen molar-refractivity contribution >= 4 is 23.1 Å². The Morgan fingerprint density at radius 3 is 3.05 bits per heavy atom. The van der Waals surface area contributed by atoms with E-state index in [1.165, 1.54) is 11.3 Å². The maximum absolute atomic E-state index is 12.4. The highest BCUT2D eigenvalue weighted by Gasteiger charge is 2.17. The molecule has 0 aliphatic heterocycles. The third-order valence-electron chi connectivity index (χ3n) is 3.57. The number of nitrogens with zero attached hydrogens (tertiary/aromatic N) is 3. The Hall–Kier alpha value is -2.33. The topological polar surface area (TPSA) is 98.8 Å². The maximum atomic E-state index is 12.4. The van der Waals surface area contributed by atoms with Crippen LogP contribution < -0.4 is 5.73 Å². The van der Waals surface area contributed by atoms with Crippen molar-refractivity contribution in [2.45, 2.75) is 26.2 Å². The molecule has 2 aromatic rings. The number of anilines is 1. The van der Waals surface area contributed by atoms with Crippen LogP contribution in [0.3, 0.4) is 0 Å². The fourth-order valence-electron chi connectivity index (χ4n) is 2.27. The van der Waals surface area contributed by atoms with E-state index in [2.05, 4.69) is 10.2 Å². The number of rotatable bonds is 6. The molecule has 2 heterocycles. The van der Waals surface area contributed by atoms with E-state index in [-0.39, 0.29) is 11.7 Å². The molecule has 0 aliphatic rings. The lowest BCUT2D eigenvalue weighted by Gasteiger charge is -2.16. The van der Waals surface area contributed by atoms with Gasteiger partial charge in [-0.05, 0) is 36.3 Å². The molecule has 0 saturated heterocycles. The van der Waals surface area contributed by atoms with Gasteiger partial charge < -0.3 is 10.6 Å². The third-order valence-corrected chi connectivity index (χ3v) is 4.51. The largest absolute Gasteiger partial charge is 0.381 e. The summed E-state index contributed by atoms with van der Waals surface area (Å²) in [7, 11) is 1.80. The molecular formula is C15H19N5OS. The molecule has 3 N–H and O–H groups in total. The van der Waals surface area contributed by atoms with E-state index < -0.39 is 0 Å². The van der Waals surface area contributed by atoms with Crippen LogP contribution in [0.2, 0.25) is 0 Å². The number of nitrogens with two attached hydrogens (primary N) is 1. The number of carbonyl (C=O) groups excluding carboxylic acids is 1. The van der Waals surface area contributed by atoms with Gasteiger partial charge in [-0.25, -0.2) is 0 Å². The van der Waals surface area contributed by atoms with E-state index in [9.17, 15) is 4.79 Å². The Morgan fingerprint density at radius 1 is 1.59 bits per heavy atom. The summed E-state index contributed by atoms with van der Waals surface area (Å²) in [6.07, 6.45) is 2.23. The number of nitriles is 1. The van der Waals surface area contributed by atoms with Gasteiger partial charge in [0.1, 0.15) is 11.6 Å². The number of hydrogen-bond donors (Lipinski definition) is 2. The molecule has 0 radical (unpaired) electrons. The van der Waals surface area contributed by atoms with Gasteiger partial charge in [0.2, 0.25) is 0 Å². The van der Waals surface area contributed by atoms with Gasteiger partial charge in [0.25, 0.3) is 5.91 Å². The molecule has 0 unspecified atom stereocenters. The van der Waals surface area contributed by atoms with Crippen LogP contribution in [0.15, 0.2) is 11.4 Å². The van der Waals surface area contributed by atoms with E-state index in [1.807, 2.05) is 24.4 Å². The number of aryl methyl sites for hydroxylation is 2. The smallest absolute Gasteiger partial charge is 0.263 e. The van der Waals surface area contributed by atoms with Gasteiger partial charge in [-0.1, -0.05) is 6.92 Å². The van der Waals surface area contributed by atoms with Crippen molar-refractivity contribution in [3.05, 3.63) is 33.1 Å². The normalized spacial score (nSPS) is 10.4. The summed E-state index contributed by atoms with van der Waals surface area (Å²) in [5.41, 5.74) is 7.82. The van der Waals surface area contributed by atoms with E-state index in [0.717, 1.165) is 29.0 Å². The highest BCUT2D eigenvalue weighted by Crippen LogP contribution is 2.19. The predicted octanol–water partition coefficient (Wildman–Crippen LogP) is 2.19. The van der Waals surface area contributed by atoms with E-state index in [0.29, 0.717) is 18.5 Å². The van der Waals surface area contributed by atoms with Crippen LogP contribution in [0, 0.1) is 11.3 Å². The van der Waals surface area contributed by atoms with Crippen molar-refractivity contribution in [1.29, 1.82) is 5.26 Å². The summed E-state index contributed by atoms with van der Waals surface area (Å²) in [4.78, 5) is 14.9. The average molecular weight is 317 g/mol. The molecule has 0 atom stereocenters. The predicted molar refractivity (Wildman–Crippen MR) is 86.7 cm³/mol. The number of nitrogens with one attached hydrogen (secondary N) is 1. The number of aromatic amines is 1. The molecule has 1 amide bonds. The third kappa shape index (κ3) is 3.28. The number of hydrogen-bond acceptors (Lipinski definition) is 5. The van der Waals surface area contributed by atoms with Crippen LogP contribution in [0.4, 0.5) is 5.82 Å². The summed E-state index contributed by atoms with van der Waals surface area (Å²) in [6.45, 7) is 2.66. The number of H-pyrrole nitrogens is 1. The summed E-state index contributed by atoms with van der Waals surface area (Å²) >= 11 is 1.48. The van der Waals surface area contributed by atoms with Gasteiger partial charge in [-0.2, -0.15) is 10.4 Å².